The van der Waals surface area contributed by atoms with Crippen LogP contribution in [0.2, 0.25) is 0 Å². The molecule has 3 rings (SSSR count). The molecule has 0 unspecified atom stereocenters. The van der Waals surface area contributed by atoms with Gasteiger partial charge in [-0.25, -0.2) is 0 Å². The summed E-state index contributed by atoms with van der Waals surface area (Å²) in [4.78, 5) is 12.7. The Morgan fingerprint density at radius 1 is 1.00 bits per heavy atom. The van der Waals surface area contributed by atoms with Crippen LogP contribution in [-0.4, -0.2) is 4.57 Å². The lowest BCUT2D eigenvalue weighted by molar-refractivity contribution is 0.583. The molecule has 1 aromatic carbocycles. The van der Waals surface area contributed by atoms with E-state index >= 15 is 0 Å². The lowest BCUT2D eigenvalue weighted by Gasteiger charge is -2.06. The number of nitriles is 1. The number of aryl methyl sites for hydroxylation is 1. The molecular weight excluding hydrogens is 332 g/mol. The fourth-order valence-electron chi connectivity index (χ4n) is 3.53. The highest BCUT2D eigenvalue weighted by atomic mass is 16.1. The number of aromatic nitrogens is 1. The van der Waals surface area contributed by atoms with E-state index in [1.54, 1.807) is 4.57 Å². The van der Waals surface area contributed by atoms with Gasteiger partial charge in [0.2, 0.25) is 0 Å². The Bertz CT molecular complexity index is 964. The maximum Gasteiger partial charge on any atom is 0.269 e. The lowest BCUT2D eigenvalue weighted by Crippen LogP contribution is -2.16. The van der Waals surface area contributed by atoms with Gasteiger partial charge in [0.15, 0.2) is 0 Å². The van der Waals surface area contributed by atoms with Gasteiger partial charge in [0, 0.05) is 12.1 Å². The van der Waals surface area contributed by atoms with Crippen LogP contribution in [0.25, 0.3) is 11.3 Å². The summed E-state index contributed by atoms with van der Waals surface area (Å²) >= 11 is 0. The highest BCUT2D eigenvalue weighted by Crippen LogP contribution is 2.27. The van der Waals surface area contributed by atoms with Crippen LogP contribution in [0.5, 0.6) is 0 Å². The van der Waals surface area contributed by atoms with E-state index in [1.165, 1.54) is 5.56 Å². The first-order valence-electron chi connectivity index (χ1n) is 9.72. The third-order valence-corrected chi connectivity index (χ3v) is 5.12. The molecule has 1 aromatic rings. The number of fused-ring (bicyclic) bond motifs is 1. The summed E-state index contributed by atoms with van der Waals surface area (Å²) in [5.41, 5.74) is 4.26. The molecule has 0 fully saturated rings. The van der Waals surface area contributed by atoms with Crippen molar-refractivity contribution in [3.05, 3.63) is 81.6 Å². The van der Waals surface area contributed by atoms with Gasteiger partial charge in [0.05, 0.1) is 5.69 Å². The van der Waals surface area contributed by atoms with Crippen molar-refractivity contribution in [2.45, 2.75) is 52.0 Å². The Hall–Kier alpha value is -2.86. The van der Waals surface area contributed by atoms with Gasteiger partial charge in [0.25, 0.3) is 5.56 Å². The van der Waals surface area contributed by atoms with Crippen molar-refractivity contribution in [1.29, 1.82) is 5.26 Å². The molecule has 0 bridgehead atoms. The maximum atomic E-state index is 12.7. The van der Waals surface area contributed by atoms with Gasteiger partial charge in [-0.2, -0.15) is 5.26 Å². The smallest absolute Gasteiger partial charge is 0.269 e. The second-order valence-electron chi connectivity index (χ2n) is 7.36. The SMILES string of the molecule is CC(C)c1cccc2n(CCCCCc3ccccc3)c(=O)c(C#N)c-2c1. The van der Waals surface area contributed by atoms with Crippen LogP contribution in [0.3, 0.4) is 0 Å². The van der Waals surface area contributed by atoms with E-state index < -0.39 is 0 Å². The quantitative estimate of drug-likeness (QED) is 0.534. The molecule has 0 saturated heterocycles. The Morgan fingerprint density at radius 3 is 2.48 bits per heavy atom. The fourth-order valence-corrected chi connectivity index (χ4v) is 3.53. The zero-order valence-corrected chi connectivity index (χ0v) is 16.1. The average molecular weight is 358 g/mol. The molecule has 3 heteroatoms. The third kappa shape index (κ3) is 4.28. The first-order valence-corrected chi connectivity index (χ1v) is 9.72. The van der Waals surface area contributed by atoms with Crippen molar-refractivity contribution in [2.75, 3.05) is 0 Å². The van der Waals surface area contributed by atoms with Crippen molar-refractivity contribution in [3.8, 4) is 17.3 Å². The highest BCUT2D eigenvalue weighted by Gasteiger charge is 2.20. The first-order chi connectivity index (χ1) is 13.1. The second kappa shape index (κ2) is 8.68. The summed E-state index contributed by atoms with van der Waals surface area (Å²) in [7, 11) is 0. The van der Waals surface area contributed by atoms with E-state index in [-0.39, 0.29) is 11.1 Å². The van der Waals surface area contributed by atoms with Gasteiger partial charge in [-0.3, -0.25) is 4.79 Å². The molecule has 1 heterocycles. The van der Waals surface area contributed by atoms with Gasteiger partial charge in [-0.05, 0) is 48.4 Å². The number of unbranched alkanes of at least 4 members (excludes halogenated alkanes) is 2. The average Bonchev–Trinajstić information content (AvgIpc) is 2.81. The Kier molecular flexibility index (Phi) is 6.08. The van der Waals surface area contributed by atoms with Crippen molar-refractivity contribution in [1.82, 2.24) is 4.57 Å². The van der Waals surface area contributed by atoms with E-state index in [2.05, 4.69) is 50.2 Å². The summed E-state index contributed by atoms with van der Waals surface area (Å²) in [5, 5.41) is 9.51. The van der Waals surface area contributed by atoms with Gasteiger partial charge in [-0.1, -0.05) is 62.7 Å². The molecule has 3 nitrogen and oxygen atoms in total. The largest absolute Gasteiger partial charge is 0.307 e. The monoisotopic (exact) mass is 358 g/mol. The third-order valence-electron chi connectivity index (χ3n) is 5.12. The normalized spacial score (nSPS) is 11.0. The molecule has 1 aliphatic heterocycles. The highest BCUT2D eigenvalue weighted by molar-refractivity contribution is 5.70. The molecule has 0 saturated carbocycles. The van der Waals surface area contributed by atoms with Crippen LogP contribution in [-0.2, 0) is 13.0 Å². The zero-order chi connectivity index (χ0) is 19.2. The Balaban J connectivity index is 1.73. The van der Waals surface area contributed by atoms with Crippen molar-refractivity contribution >= 4 is 0 Å². The Labute approximate surface area is 161 Å². The number of hydrogen-bond donors (Lipinski definition) is 0. The molecule has 0 spiro atoms. The fraction of sp³-hybridized carbons (Fsp3) is 0.333. The summed E-state index contributed by atoms with van der Waals surface area (Å²) < 4.78 is 1.78. The minimum Gasteiger partial charge on any atom is -0.307 e. The van der Waals surface area contributed by atoms with E-state index in [1.807, 2.05) is 24.3 Å². The van der Waals surface area contributed by atoms with Crippen LogP contribution in [0, 0.1) is 11.3 Å². The van der Waals surface area contributed by atoms with Crippen LogP contribution in [0.15, 0.2) is 59.4 Å². The molecule has 0 amide bonds. The second-order valence-corrected chi connectivity index (χ2v) is 7.36. The van der Waals surface area contributed by atoms with E-state index in [0.717, 1.165) is 42.5 Å². The molecule has 0 N–H and O–H groups in total. The van der Waals surface area contributed by atoms with Crippen LogP contribution < -0.4 is 5.56 Å². The van der Waals surface area contributed by atoms with Gasteiger partial charge in [0.1, 0.15) is 11.6 Å². The van der Waals surface area contributed by atoms with Crippen LogP contribution >= 0.6 is 0 Å². The molecule has 0 atom stereocenters. The predicted molar refractivity (Wildman–Crippen MR) is 110 cm³/mol. The minimum absolute atomic E-state index is 0.156. The summed E-state index contributed by atoms with van der Waals surface area (Å²) in [6.45, 7) is 4.90. The van der Waals surface area contributed by atoms with Gasteiger partial charge >= 0.3 is 0 Å². The molecule has 0 radical (unpaired) electrons. The lowest BCUT2D eigenvalue weighted by atomic mass is 10.0. The number of rotatable bonds is 7. The van der Waals surface area contributed by atoms with Crippen LogP contribution in [0.4, 0.5) is 0 Å². The van der Waals surface area contributed by atoms with E-state index in [4.69, 9.17) is 0 Å². The maximum absolute atomic E-state index is 12.7. The van der Waals surface area contributed by atoms with Gasteiger partial charge < -0.3 is 4.57 Å². The summed E-state index contributed by atoms with van der Waals surface area (Å²) in [5.74, 6) is 0.351. The standard InChI is InChI=1S/C24H26N2O/c1-18(2)20-13-9-14-23-21(16-20)22(17-25)24(27)26(23)15-8-4-7-12-19-10-5-3-6-11-19/h3,5-6,9-11,13-14,16,18H,4,7-8,12,15H2,1-2H3. The van der Waals surface area contributed by atoms with Gasteiger partial charge in [-0.15, -0.1) is 0 Å². The molecule has 2 aliphatic rings. The molecular formula is C24H26N2O. The Morgan fingerprint density at radius 2 is 1.78 bits per heavy atom. The van der Waals surface area contributed by atoms with Crippen molar-refractivity contribution in [2.24, 2.45) is 0 Å². The summed E-state index contributed by atoms with van der Waals surface area (Å²) in [6.07, 6.45) is 4.17. The number of hydrogen-bond acceptors (Lipinski definition) is 2. The summed E-state index contributed by atoms with van der Waals surface area (Å²) in [6, 6.07) is 20.6. The topological polar surface area (TPSA) is 45.8 Å². The minimum atomic E-state index is -0.156. The molecule has 27 heavy (non-hydrogen) atoms. The van der Waals surface area contributed by atoms with Crippen molar-refractivity contribution < 1.29 is 0 Å². The molecule has 1 aliphatic carbocycles. The van der Waals surface area contributed by atoms with E-state index in [9.17, 15) is 10.1 Å². The molecule has 138 valence electrons. The van der Waals surface area contributed by atoms with Crippen molar-refractivity contribution in [3.63, 3.8) is 0 Å². The predicted octanol–water partition coefficient (Wildman–Crippen LogP) is 5.36. The number of nitrogens with zero attached hydrogens (tertiary/aromatic N) is 2. The zero-order valence-electron chi connectivity index (χ0n) is 16.1. The molecule has 0 aromatic heterocycles. The first kappa shape index (κ1) is 18.9. The van der Waals surface area contributed by atoms with E-state index in [0.29, 0.717) is 12.5 Å². The number of benzene rings is 1. The van der Waals surface area contributed by atoms with Crippen LogP contribution in [0.1, 0.15) is 55.7 Å².